The molecule has 0 aromatic carbocycles. The fraction of sp³-hybridized carbons (Fsp3) is 0.667. The molecule has 110 valence electrons. The average molecular weight is 294 g/mol. The highest BCUT2D eigenvalue weighted by atomic mass is 32.2. The third-order valence-corrected chi connectivity index (χ3v) is 5.47. The van der Waals surface area contributed by atoms with Crippen LogP contribution in [-0.4, -0.2) is 26.3 Å². The van der Waals surface area contributed by atoms with E-state index in [1.54, 1.807) is 18.0 Å². The van der Waals surface area contributed by atoms with Crippen molar-refractivity contribution >= 4 is 17.7 Å². The molecule has 1 N–H and O–H groups in total. The topological polar surface area (TPSA) is 63.1 Å². The predicted octanol–water partition coefficient (Wildman–Crippen LogP) is 3.48. The van der Waals surface area contributed by atoms with Crippen molar-refractivity contribution < 1.29 is 9.90 Å². The quantitative estimate of drug-likeness (QED) is 0.865. The van der Waals surface area contributed by atoms with Gasteiger partial charge in [0.05, 0.1) is 10.9 Å². The van der Waals surface area contributed by atoms with E-state index in [1.807, 2.05) is 6.07 Å². The first kappa shape index (κ1) is 15.3. The molecule has 0 radical (unpaired) electrons. The molecule has 3 unspecified atom stereocenters. The first-order chi connectivity index (χ1) is 9.38. The molecule has 1 fully saturated rings. The Labute approximate surface area is 124 Å². The number of carboxylic acid groups (broad SMARTS) is 1. The van der Waals surface area contributed by atoms with E-state index in [-0.39, 0.29) is 16.6 Å². The van der Waals surface area contributed by atoms with E-state index in [2.05, 4.69) is 30.7 Å². The summed E-state index contributed by atoms with van der Waals surface area (Å²) in [6, 6.07) is 1.85. The summed E-state index contributed by atoms with van der Waals surface area (Å²) < 4.78 is 0. The molecule has 1 aromatic heterocycles. The van der Waals surface area contributed by atoms with Crippen LogP contribution in [0.25, 0.3) is 0 Å². The van der Waals surface area contributed by atoms with E-state index in [0.29, 0.717) is 5.92 Å². The molecule has 2 rings (SSSR count). The lowest BCUT2D eigenvalue weighted by Crippen LogP contribution is -2.37. The fourth-order valence-electron chi connectivity index (χ4n) is 2.83. The Morgan fingerprint density at radius 2 is 2.15 bits per heavy atom. The van der Waals surface area contributed by atoms with Crippen LogP contribution in [-0.2, 0) is 4.79 Å². The molecule has 0 saturated heterocycles. The highest BCUT2D eigenvalue weighted by Crippen LogP contribution is 2.45. The first-order valence-corrected chi connectivity index (χ1v) is 7.91. The van der Waals surface area contributed by atoms with E-state index >= 15 is 0 Å². The van der Waals surface area contributed by atoms with Crippen molar-refractivity contribution in [3.63, 3.8) is 0 Å². The molecular weight excluding hydrogens is 272 g/mol. The van der Waals surface area contributed by atoms with Crippen molar-refractivity contribution in [1.29, 1.82) is 0 Å². The number of aromatic nitrogens is 2. The van der Waals surface area contributed by atoms with Crippen LogP contribution in [0.2, 0.25) is 0 Å². The summed E-state index contributed by atoms with van der Waals surface area (Å²) in [5, 5.41) is 10.4. The maximum absolute atomic E-state index is 11.5. The summed E-state index contributed by atoms with van der Waals surface area (Å²) in [5.41, 5.74) is 0.230. The van der Waals surface area contributed by atoms with Crippen molar-refractivity contribution in [2.24, 2.45) is 17.3 Å². The average Bonchev–Trinajstić information content (AvgIpc) is 2.38. The molecule has 4 nitrogen and oxygen atoms in total. The van der Waals surface area contributed by atoms with Crippen LogP contribution >= 0.6 is 11.8 Å². The molecule has 0 bridgehead atoms. The monoisotopic (exact) mass is 294 g/mol. The Hall–Kier alpha value is -1.10. The van der Waals surface area contributed by atoms with Crippen molar-refractivity contribution in [2.75, 3.05) is 0 Å². The van der Waals surface area contributed by atoms with E-state index in [0.717, 1.165) is 24.3 Å². The number of hydrogen-bond donors (Lipinski definition) is 1. The zero-order valence-electron chi connectivity index (χ0n) is 12.2. The van der Waals surface area contributed by atoms with Crippen LogP contribution in [0.5, 0.6) is 0 Å². The number of rotatable bonds is 3. The maximum Gasteiger partial charge on any atom is 0.307 e. The first-order valence-electron chi connectivity index (χ1n) is 7.03. The lowest BCUT2D eigenvalue weighted by Gasteiger charge is -2.40. The lowest BCUT2D eigenvalue weighted by molar-refractivity contribution is -0.143. The zero-order valence-corrected chi connectivity index (χ0v) is 13.1. The summed E-state index contributed by atoms with van der Waals surface area (Å²) in [4.78, 5) is 19.6. The number of carboxylic acids is 1. The molecule has 1 heterocycles. The molecule has 1 aliphatic rings. The van der Waals surface area contributed by atoms with Crippen LogP contribution in [0.4, 0.5) is 0 Å². The van der Waals surface area contributed by atoms with Gasteiger partial charge in [0.15, 0.2) is 0 Å². The molecule has 20 heavy (non-hydrogen) atoms. The Kier molecular flexibility index (Phi) is 4.68. The predicted molar refractivity (Wildman–Crippen MR) is 79.6 cm³/mol. The second-order valence-electron chi connectivity index (χ2n) is 6.52. The zero-order chi connectivity index (χ0) is 14.8. The van der Waals surface area contributed by atoms with Gasteiger partial charge < -0.3 is 5.11 Å². The standard InChI is InChI=1S/C15H22N2O2S/c1-15(2,3)10-4-5-11(14(18)19)12(8-10)20-13-6-7-16-9-17-13/h6-7,9-12H,4-5,8H2,1-3H3,(H,18,19). The Morgan fingerprint density at radius 3 is 2.70 bits per heavy atom. The van der Waals surface area contributed by atoms with Crippen LogP contribution in [0.1, 0.15) is 40.0 Å². The number of carbonyl (C=O) groups is 1. The van der Waals surface area contributed by atoms with Gasteiger partial charge in [0, 0.05) is 11.4 Å². The van der Waals surface area contributed by atoms with Gasteiger partial charge in [0.1, 0.15) is 6.33 Å². The number of aliphatic carboxylic acids is 1. The summed E-state index contributed by atoms with van der Waals surface area (Å²) >= 11 is 1.59. The highest BCUT2D eigenvalue weighted by molar-refractivity contribution is 7.99. The minimum absolute atomic E-state index is 0.0976. The molecule has 3 atom stereocenters. The molecule has 0 spiro atoms. The van der Waals surface area contributed by atoms with Gasteiger partial charge in [-0.1, -0.05) is 20.8 Å². The molecule has 0 aliphatic heterocycles. The van der Waals surface area contributed by atoms with Gasteiger partial charge >= 0.3 is 5.97 Å². The van der Waals surface area contributed by atoms with Crippen molar-refractivity contribution in [3.05, 3.63) is 18.6 Å². The van der Waals surface area contributed by atoms with Gasteiger partial charge in [-0.15, -0.1) is 11.8 Å². The Bertz CT molecular complexity index is 459. The smallest absolute Gasteiger partial charge is 0.307 e. The normalized spacial score (nSPS) is 27.2. The van der Waals surface area contributed by atoms with Gasteiger partial charge in [0.2, 0.25) is 0 Å². The minimum Gasteiger partial charge on any atom is -0.481 e. The van der Waals surface area contributed by atoms with Gasteiger partial charge in [-0.3, -0.25) is 4.79 Å². The van der Waals surface area contributed by atoms with Crippen molar-refractivity contribution in [2.45, 2.75) is 50.3 Å². The SMILES string of the molecule is CC(C)(C)C1CCC(C(=O)O)C(Sc2ccncn2)C1. The lowest BCUT2D eigenvalue weighted by atomic mass is 9.69. The summed E-state index contributed by atoms with van der Waals surface area (Å²) in [5.74, 6) is -0.380. The summed E-state index contributed by atoms with van der Waals surface area (Å²) in [7, 11) is 0. The largest absolute Gasteiger partial charge is 0.481 e. The second-order valence-corrected chi connectivity index (χ2v) is 7.78. The van der Waals surface area contributed by atoms with Gasteiger partial charge in [-0.05, 0) is 36.7 Å². The van der Waals surface area contributed by atoms with E-state index in [9.17, 15) is 9.90 Å². The molecule has 1 aliphatic carbocycles. The third-order valence-electron chi connectivity index (χ3n) is 4.16. The summed E-state index contributed by atoms with van der Waals surface area (Å²) in [6.45, 7) is 6.72. The third kappa shape index (κ3) is 3.72. The van der Waals surface area contributed by atoms with Crippen LogP contribution in [0.3, 0.4) is 0 Å². The van der Waals surface area contributed by atoms with Crippen LogP contribution < -0.4 is 0 Å². The Balaban J connectivity index is 2.13. The van der Waals surface area contributed by atoms with E-state index in [1.165, 1.54) is 6.33 Å². The highest BCUT2D eigenvalue weighted by Gasteiger charge is 2.39. The molecule has 1 aromatic rings. The van der Waals surface area contributed by atoms with E-state index in [4.69, 9.17) is 0 Å². The second kappa shape index (κ2) is 6.12. The number of thioether (sulfide) groups is 1. The van der Waals surface area contributed by atoms with Gasteiger partial charge in [-0.2, -0.15) is 0 Å². The van der Waals surface area contributed by atoms with Crippen LogP contribution in [0.15, 0.2) is 23.6 Å². The van der Waals surface area contributed by atoms with Crippen LogP contribution in [0, 0.1) is 17.3 Å². The maximum atomic E-state index is 11.5. The summed E-state index contributed by atoms with van der Waals surface area (Å²) in [6.07, 6.45) is 5.92. The number of hydrogen-bond acceptors (Lipinski definition) is 4. The molecule has 0 amide bonds. The molecule has 1 saturated carbocycles. The minimum atomic E-state index is -0.677. The van der Waals surface area contributed by atoms with Gasteiger partial charge in [0.25, 0.3) is 0 Å². The van der Waals surface area contributed by atoms with Crippen molar-refractivity contribution in [1.82, 2.24) is 9.97 Å². The Morgan fingerprint density at radius 1 is 1.40 bits per heavy atom. The fourth-order valence-corrected chi connectivity index (χ4v) is 4.13. The van der Waals surface area contributed by atoms with Gasteiger partial charge in [-0.25, -0.2) is 9.97 Å². The number of nitrogens with zero attached hydrogens (tertiary/aromatic N) is 2. The van der Waals surface area contributed by atoms with E-state index < -0.39 is 5.97 Å². The molecular formula is C15H22N2O2S. The van der Waals surface area contributed by atoms with Crippen molar-refractivity contribution in [3.8, 4) is 0 Å². The molecule has 5 heteroatoms.